The van der Waals surface area contributed by atoms with Gasteiger partial charge in [-0.3, -0.25) is 0 Å². The normalized spacial score (nSPS) is 10.8. The Morgan fingerprint density at radius 1 is 1.54 bits per heavy atom. The summed E-state index contributed by atoms with van der Waals surface area (Å²) in [6, 6.07) is 0. The van der Waals surface area contributed by atoms with Gasteiger partial charge in [-0.25, -0.2) is 4.79 Å². The molecule has 0 unspecified atom stereocenters. The van der Waals surface area contributed by atoms with Gasteiger partial charge in [0.15, 0.2) is 0 Å². The molecule has 0 spiro atoms. The molecule has 2 N–H and O–H groups in total. The summed E-state index contributed by atoms with van der Waals surface area (Å²) in [5, 5.41) is 11.1. The zero-order chi connectivity index (χ0) is 10.5. The summed E-state index contributed by atoms with van der Waals surface area (Å²) in [7, 11) is 0. The van der Waals surface area contributed by atoms with Crippen molar-refractivity contribution < 1.29 is 14.6 Å². The molecule has 0 aliphatic carbocycles. The number of carbonyl (C=O) groups is 1. The van der Waals surface area contributed by atoms with Crippen molar-refractivity contribution in [2.45, 2.75) is 26.4 Å². The molecular formula is C9H17NO3. The summed E-state index contributed by atoms with van der Waals surface area (Å²) in [5.41, 5.74) is -0.343. The van der Waals surface area contributed by atoms with Crippen molar-refractivity contribution in [1.29, 1.82) is 0 Å². The van der Waals surface area contributed by atoms with E-state index in [4.69, 9.17) is 9.84 Å². The molecule has 0 aromatic heterocycles. The number of hydrogen-bond donors (Lipinski definition) is 2. The first-order valence-electron chi connectivity index (χ1n) is 4.14. The Balaban J connectivity index is 3.91. The molecule has 0 aliphatic rings. The topological polar surface area (TPSA) is 58.6 Å². The molecule has 0 saturated heterocycles. The first kappa shape index (κ1) is 12.0. The molecule has 0 saturated carbocycles. The van der Waals surface area contributed by atoms with E-state index in [1.54, 1.807) is 20.8 Å². The Labute approximate surface area is 78.6 Å². The third-order valence-corrected chi connectivity index (χ3v) is 1.10. The Morgan fingerprint density at radius 2 is 2.08 bits per heavy atom. The number of nitrogens with one attached hydrogen (secondary N) is 1. The first-order chi connectivity index (χ1) is 5.87. The van der Waals surface area contributed by atoms with Gasteiger partial charge in [-0.2, -0.15) is 0 Å². The van der Waals surface area contributed by atoms with E-state index in [0.29, 0.717) is 6.54 Å². The van der Waals surface area contributed by atoms with Gasteiger partial charge in [-0.05, 0) is 20.8 Å². The third-order valence-electron chi connectivity index (χ3n) is 1.10. The highest BCUT2D eigenvalue weighted by Gasteiger charge is 2.17. The maximum Gasteiger partial charge on any atom is 0.354 e. The number of aliphatic hydroxyl groups excluding tert-OH is 1. The number of esters is 1. The fourth-order valence-electron chi connectivity index (χ4n) is 0.619. The summed E-state index contributed by atoms with van der Waals surface area (Å²) >= 11 is 0. The smallest absolute Gasteiger partial charge is 0.354 e. The van der Waals surface area contributed by atoms with E-state index in [1.165, 1.54) is 0 Å². The largest absolute Gasteiger partial charge is 0.455 e. The van der Waals surface area contributed by atoms with E-state index in [1.807, 2.05) is 0 Å². The van der Waals surface area contributed by atoms with Crippen LogP contribution in [0.5, 0.6) is 0 Å². The second kappa shape index (κ2) is 4.87. The van der Waals surface area contributed by atoms with Crippen molar-refractivity contribution >= 4 is 5.97 Å². The van der Waals surface area contributed by atoms with E-state index in [2.05, 4.69) is 11.9 Å². The number of carbonyl (C=O) groups excluding carboxylic acids is 1. The van der Waals surface area contributed by atoms with Gasteiger partial charge >= 0.3 is 5.97 Å². The average Bonchev–Trinajstić information content (AvgIpc) is 1.96. The van der Waals surface area contributed by atoms with Crippen LogP contribution >= 0.6 is 0 Å². The van der Waals surface area contributed by atoms with Crippen LogP contribution in [0.4, 0.5) is 0 Å². The Bertz CT molecular complexity index is 194. The van der Waals surface area contributed by atoms with Crippen molar-refractivity contribution in [3.05, 3.63) is 12.3 Å². The summed E-state index contributed by atoms with van der Waals surface area (Å²) in [6.07, 6.45) is 0. The molecule has 0 atom stereocenters. The highest BCUT2D eigenvalue weighted by molar-refractivity contribution is 5.87. The monoisotopic (exact) mass is 187 g/mol. The summed E-state index contributed by atoms with van der Waals surface area (Å²) in [5.74, 6) is -0.485. The van der Waals surface area contributed by atoms with E-state index >= 15 is 0 Å². The second-order valence-corrected chi connectivity index (χ2v) is 3.63. The minimum Gasteiger partial charge on any atom is -0.455 e. The fraction of sp³-hybridized carbons (Fsp3) is 0.667. The van der Waals surface area contributed by atoms with Crippen molar-refractivity contribution in [2.75, 3.05) is 13.2 Å². The molecule has 76 valence electrons. The number of aliphatic hydroxyl groups is 1. The molecule has 0 heterocycles. The molecule has 13 heavy (non-hydrogen) atoms. The molecule has 4 heteroatoms. The summed E-state index contributed by atoms with van der Waals surface area (Å²) < 4.78 is 5.01. The maximum atomic E-state index is 11.2. The lowest BCUT2D eigenvalue weighted by Crippen LogP contribution is -2.30. The molecule has 0 fully saturated rings. The van der Waals surface area contributed by atoms with Crippen LogP contribution in [0.1, 0.15) is 20.8 Å². The predicted octanol–water partition coefficient (Wildman–Crippen LogP) is 0.424. The summed E-state index contributed by atoms with van der Waals surface area (Å²) in [6.45, 7) is 9.09. The molecule has 0 aromatic carbocycles. The lowest BCUT2D eigenvalue weighted by Gasteiger charge is -2.20. The molecule has 4 nitrogen and oxygen atoms in total. The minimum atomic E-state index is -0.513. The summed E-state index contributed by atoms with van der Waals surface area (Å²) in [4.78, 5) is 11.2. The third kappa shape index (κ3) is 6.16. The van der Waals surface area contributed by atoms with Gasteiger partial charge in [-0.15, -0.1) is 0 Å². The second-order valence-electron chi connectivity index (χ2n) is 3.63. The highest BCUT2D eigenvalue weighted by Crippen LogP contribution is 2.08. The van der Waals surface area contributed by atoms with Crippen LogP contribution in [0.25, 0.3) is 0 Å². The van der Waals surface area contributed by atoms with Gasteiger partial charge in [0, 0.05) is 6.54 Å². The van der Waals surface area contributed by atoms with Crippen molar-refractivity contribution in [2.24, 2.45) is 0 Å². The average molecular weight is 187 g/mol. The Morgan fingerprint density at radius 3 is 2.46 bits per heavy atom. The Hall–Kier alpha value is -1.03. The molecule has 0 rings (SSSR count). The minimum absolute atomic E-state index is 0.0399. The van der Waals surface area contributed by atoms with E-state index in [9.17, 15) is 4.79 Å². The molecule has 0 bridgehead atoms. The van der Waals surface area contributed by atoms with Crippen LogP contribution < -0.4 is 5.32 Å². The standard InChI is InChI=1S/C9H17NO3/c1-7(10-5-6-11)8(12)13-9(2,3)4/h10-11H,1,5-6H2,2-4H3. The molecule has 0 radical (unpaired) electrons. The van der Waals surface area contributed by atoms with E-state index < -0.39 is 11.6 Å². The first-order valence-corrected chi connectivity index (χ1v) is 4.14. The van der Waals surface area contributed by atoms with Crippen molar-refractivity contribution in [1.82, 2.24) is 5.32 Å². The quantitative estimate of drug-likeness (QED) is 0.495. The zero-order valence-corrected chi connectivity index (χ0v) is 8.39. The van der Waals surface area contributed by atoms with Gasteiger partial charge in [-0.1, -0.05) is 6.58 Å². The number of ether oxygens (including phenoxy) is 1. The molecular weight excluding hydrogens is 170 g/mol. The van der Waals surface area contributed by atoms with Gasteiger partial charge in [0.05, 0.1) is 6.61 Å². The van der Waals surface area contributed by atoms with Crippen molar-refractivity contribution in [3.63, 3.8) is 0 Å². The molecule has 0 amide bonds. The predicted molar refractivity (Wildman–Crippen MR) is 50.1 cm³/mol. The SMILES string of the molecule is C=C(NCCO)C(=O)OC(C)(C)C. The van der Waals surface area contributed by atoms with Gasteiger partial charge < -0.3 is 15.2 Å². The van der Waals surface area contributed by atoms with Crippen LogP contribution in [0, 0.1) is 0 Å². The number of rotatable bonds is 4. The lowest BCUT2D eigenvalue weighted by molar-refractivity contribution is -0.150. The van der Waals surface area contributed by atoms with Crippen molar-refractivity contribution in [3.8, 4) is 0 Å². The molecule has 0 aromatic rings. The van der Waals surface area contributed by atoms with Crippen LogP contribution in [0.3, 0.4) is 0 Å². The van der Waals surface area contributed by atoms with Crippen LogP contribution in [0.15, 0.2) is 12.3 Å². The van der Waals surface area contributed by atoms with Gasteiger partial charge in [0.25, 0.3) is 0 Å². The van der Waals surface area contributed by atoms with E-state index in [-0.39, 0.29) is 12.3 Å². The number of hydrogen-bond acceptors (Lipinski definition) is 4. The highest BCUT2D eigenvalue weighted by atomic mass is 16.6. The fourth-order valence-corrected chi connectivity index (χ4v) is 0.619. The van der Waals surface area contributed by atoms with Gasteiger partial charge in [0.2, 0.25) is 0 Å². The Kier molecular flexibility index (Phi) is 4.48. The maximum absolute atomic E-state index is 11.2. The zero-order valence-electron chi connectivity index (χ0n) is 8.39. The van der Waals surface area contributed by atoms with E-state index in [0.717, 1.165) is 0 Å². The van der Waals surface area contributed by atoms with Gasteiger partial charge in [0.1, 0.15) is 11.3 Å². The van der Waals surface area contributed by atoms with Crippen LogP contribution in [-0.2, 0) is 9.53 Å². The van der Waals surface area contributed by atoms with Crippen LogP contribution in [0.2, 0.25) is 0 Å². The molecule has 0 aliphatic heterocycles. The lowest BCUT2D eigenvalue weighted by atomic mass is 10.2. The van der Waals surface area contributed by atoms with Crippen LogP contribution in [-0.4, -0.2) is 29.8 Å².